The van der Waals surface area contributed by atoms with Crippen LogP contribution in [0.15, 0.2) is 66.7 Å². The van der Waals surface area contributed by atoms with E-state index in [4.69, 9.17) is 4.74 Å². The van der Waals surface area contributed by atoms with Crippen molar-refractivity contribution in [3.63, 3.8) is 0 Å². The maximum absolute atomic E-state index is 13.5. The molecule has 3 aromatic carbocycles. The maximum Gasteiger partial charge on any atom is 0.340 e. The van der Waals surface area contributed by atoms with Gasteiger partial charge in [-0.1, -0.05) is 42.5 Å². The van der Waals surface area contributed by atoms with Crippen LogP contribution in [-0.2, 0) is 10.3 Å². The lowest BCUT2D eigenvalue weighted by Crippen LogP contribution is -2.33. The Morgan fingerprint density at radius 3 is 1.73 bits per heavy atom. The first-order valence-electron chi connectivity index (χ1n) is 11.5. The molecule has 4 rings (SSSR count). The summed E-state index contributed by atoms with van der Waals surface area (Å²) in [7, 11) is 8.08. The number of anilines is 3. The van der Waals surface area contributed by atoms with E-state index in [0.29, 0.717) is 5.56 Å². The van der Waals surface area contributed by atoms with Crippen molar-refractivity contribution in [3.8, 4) is 0 Å². The molecular weight excluding hydrogens is 410 g/mol. The molecule has 0 aromatic heterocycles. The lowest BCUT2D eigenvalue weighted by atomic mass is 9.78. The Bertz CT molecular complexity index is 1110. The Balaban J connectivity index is 2.08. The van der Waals surface area contributed by atoms with E-state index < -0.39 is 5.60 Å². The van der Waals surface area contributed by atoms with Crippen LogP contribution in [0.5, 0.6) is 0 Å². The molecule has 1 heterocycles. The standard InChI is InChI=1S/C28H33N3O2/c1-7-31(8-2)20-17-18-22-21(19-20)27(32)33-28(22,23-13-9-11-15-25(23)29(3)4)24-14-10-12-16-26(24)30(5)6/h9-19H,7-8H2,1-6H3. The number of para-hydroxylation sites is 2. The summed E-state index contributed by atoms with van der Waals surface area (Å²) in [4.78, 5) is 19.9. The summed E-state index contributed by atoms with van der Waals surface area (Å²) < 4.78 is 6.46. The predicted octanol–water partition coefficient (Wildman–Crippen LogP) is 5.13. The van der Waals surface area contributed by atoms with Gasteiger partial charge in [0.2, 0.25) is 0 Å². The fraction of sp³-hybridized carbons (Fsp3) is 0.321. The van der Waals surface area contributed by atoms with Crippen LogP contribution >= 0.6 is 0 Å². The molecule has 5 heteroatoms. The summed E-state index contributed by atoms with van der Waals surface area (Å²) >= 11 is 0. The number of fused-ring (bicyclic) bond motifs is 1. The molecule has 0 N–H and O–H groups in total. The molecule has 0 fully saturated rings. The molecule has 1 aliphatic rings. The number of cyclic esters (lactones) is 1. The van der Waals surface area contributed by atoms with Gasteiger partial charge in [0.1, 0.15) is 0 Å². The highest BCUT2D eigenvalue weighted by Gasteiger charge is 2.51. The van der Waals surface area contributed by atoms with Crippen LogP contribution in [0.25, 0.3) is 0 Å². The lowest BCUT2D eigenvalue weighted by molar-refractivity contribution is 0.0254. The number of esters is 1. The van der Waals surface area contributed by atoms with Crippen LogP contribution in [0.2, 0.25) is 0 Å². The van der Waals surface area contributed by atoms with E-state index in [-0.39, 0.29) is 5.97 Å². The second-order valence-electron chi connectivity index (χ2n) is 8.80. The largest absolute Gasteiger partial charge is 0.440 e. The Hall–Kier alpha value is -3.47. The molecule has 0 saturated carbocycles. The van der Waals surface area contributed by atoms with Crippen LogP contribution in [0.3, 0.4) is 0 Å². The highest BCUT2D eigenvalue weighted by atomic mass is 16.6. The van der Waals surface area contributed by atoms with Gasteiger partial charge in [0.25, 0.3) is 0 Å². The van der Waals surface area contributed by atoms with Crippen molar-refractivity contribution < 1.29 is 9.53 Å². The van der Waals surface area contributed by atoms with Gasteiger partial charge >= 0.3 is 5.97 Å². The number of rotatable bonds is 7. The SMILES string of the molecule is CCN(CC)c1ccc2c(c1)C(=O)OC2(c1ccccc1N(C)C)c1ccccc1N(C)C. The zero-order chi connectivity index (χ0) is 23.8. The molecule has 0 atom stereocenters. The van der Waals surface area contributed by atoms with E-state index in [0.717, 1.165) is 46.8 Å². The first-order chi connectivity index (χ1) is 15.8. The predicted molar refractivity (Wildman–Crippen MR) is 137 cm³/mol. The van der Waals surface area contributed by atoms with Crippen molar-refractivity contribution in [2.24, 2.45) is 0 Å². The first kappa shape index (κ1) is 22.7. The molecule has 0 spiro atoms. The third-order valence-corrected chi connectivity index (χ3v) is 6.51. The number of carbonyl (C=O) groups is 1. The minimum absolute atomic E-state index is 0.291. The van der Waals surface area contributed by atoms with Crippen LogP contribution in [0, 0.1) is 0 Å². The monoisotopic (exact) mass is 443 g/mol. The molecule has 0 saturated heterocycles. The fourth-order valence-electron chi connectivity index (χ4n) is 4.91. The van der Waals surface area contributed by atoms with Crippen molar-refractivity contribution >= 4 is 23.0 Å². The average molecular weight is 444 g/mol. The van der Waals surface area contributed by atoms with Gasteiger partial charge < -0.3 is 19.4 Å². The number of carbonyl (C=O) groups excluding carboxylic acids is 1. The normalized spacial score (nSPS) is 13.9. The summed E-state index contributed by atoms with van der Waals surface area (Å²) in [6.07, 6.45) is 0. The molecule has 0 aliphatic carbocycles. The quantitative estimate of drug-likeness (QED) is 0.473. The van der Waals surface area contributed by atoms with Gasteiger partial charge in [0, 0.05) is 75.0 Å². The third-order valence-electron chi connectivity index (χ3n) is 6.51. The highest BCUT2D eigenvalue weighted by Crippen LogP contribution is 2.52. The minimum atomic E-state index is -1.05. The molecule has 1 aliphatic heterocycles. The van der Waals surface area contributed by atoms with Crippen molar-refractivity contribution in [1.82, 2.24) is 0 Å². The molecule has 0 unspecified atom stereocenters. The van der Waals surface area contributed by atoms with Gasteiger partial charge in [-0.3, -0.25) is 0 Å². The van der Waals surface area contributed by atoms with Crippen LogP contribution < -0.4 is 14.7 Å². The van der Waals surface area contributed by atoms with Crippen LogP contribution in [0.4, 0.5) is 17.1 Å². The van der Waals surface area contributed by atoms with Gasteiger partial charge in [0.15, 0.2) is 5.60 Å². The number of benzene rings is 3. The number of hydrogen-bond donors (Lipinski definition) is 0. The summed E-state index contributed by atoms with van der Waals surface area (Å²) in [6.45, 7) is 6.00. The molecule has 3 aromatic rings. The van der Waals surface area contributed by atoms with E-state index in [1.807, 2.05) is 58.5 Å². The molecule has 0 amide bonds. The zero-order valence-corrected chi connectivity index (χ0v) is 20.4. The van der Waals surface area contributed by atoms with Gasteiger partial charge in [0.05, 0.1) is 5.56 Å². The number of nitrogens with zero attached hydrogens (tertiary/aromatic N) is 3. The van der Waals surface area contributed by atoms with E-state index in [2.05, 4.69) is 64.9 Å². The Labute approximate surface area is 197 Å². The van der Waals surface area contributed by atoms with Crippen molar-refractivity contribution in [1.29, 1.82) is 0 Å². The van der Waals surface area contributed by atoms with Gasteiger partial charge in [-0.25, -0.2) is 4.79 Å². The first-order valence-corrected chi connectivity index (χ1v) is 11.5. The van der Waals surface area contributed by atoms with Crippen LogP contribution in [-0.4, -0.2) is 47.2 Å². The third kappa shape index (κ3) is 3.62. The van der Waals surface area contributed by atoms with Crippen molar-refractivity contribution in [3.05, 3.63) is 89.0 Å². The lowest BCUT2D eigenvalue weighted by Gasteiger charge is -2.36. The van der Waals surface area contributed by atoms with Crippen LogP contribution in [0.1, 0.15) is 40.9 Å². The van der Waals surface area contributed by atoms with E-state index in [9.17, 15) is 4.79 Å². The van der Waals surface area contributed by atoms with Crippen molar-refractivity contribution in [2.45, 2.75) is 19.4 Å². The Morgan fingerprint density at radius 2 is 1.24 bits per heavy atom. The maximum atomic E-state index is 13.5. The van der Waals surface area contributed by atoms with E-state index in [1.54, 1.807) is 0 Å². The van der Waals surface area contributed by atoms with Crippen molar-refractivity contribution in [2.75, 3.05) is 56.0 Å². The summed E-state index contributed by atoms with van der Waals surface area (Å²) in [5, 5.41) is 0. The number of hydrogen-bond acceptors (Lipinski definition) is 5. The second kappa shape index (κ2) is 8.81. The Morgan fingerprint density at radius 1 is 0.727 bits per heavy atom. The fourth-order valence-corrected chi connectivity index (χ4v) is 4.91. The summed E-state index contributed by atoms with van der Waals surface area (Å²) in [6, 6.07) is 22.5. The topological polar surface area (TPSA) is 36.0 Å². The molecule has 172 valence electrons. The van der Waals surface area contributed by atoms with E-state index in [1.165, 1.54) is 0 Å². The number of ether oxygens (including phenoxy) is 1. The average Bonchev–Trinajstić information content (AvgIpc) is 3.12. The van der Waals surface area contributed by atoms with E-state index >= 15 is 0 Å². The van der Waals surface area contributed by atoms with Gasteiger partial charge in [-0.15, -0.1) is 0 Å². The summed E-state index contributed by atoms with van der Waals surface area (Å²) in [5.74, 6) is -0.291. The van der Waals surface area contributed by atoms with Gasteiger partial charge in [-0.2, -0.15) is 0 Å². The summed E-state index contributed by atoms with van der Waals surface area (Å²) in [5.41, 5.74) is 5.43. The smallest absolute Gasteiger partial charge is 0.340 e. The molecule has 33 heavy (non-hydrogen) atoms. The molecule has 0 bridgehead atoms. The minimum Gasteiger partial charge on any atom is -0.440 e. The molecule has 0 radical (unpaired) electrons. The molecular formula is C28H33N3O2. The highest BCUT2D eigenvalue weighted by molar-refractivity contribution is 5.98. The van der Waals surface area contributed by atoms with Gasteiger partial charge in [-0.05, 0) is 38.1 Å². The second-order valence-corrected chi connectivity index (χ2v) is 8.80. The zero-order valence-electron chi connectivity index (χ0n) is 20.4. The Kier molecular flexibility index (Phi) is 6.07. The molecule has 5 nitrogen and oxygen atoms in total.